The van der Waals surface area contributed by atoms with Crippen LogP contribution >= 0.6 is 15.9 Å². The normalized spacial score (nSPS) is 10.4. The molecule has 0 unspecified atom stereocenters. The maximum Gasteiger partial charge on any atom is 0.208 e. The number of rotatable bonds is 4. The molecular weight excluding hydrogens is 267 g/mol. The van der Waals surface area contributed by atoms with Gasteiger partial charge in [-0.25, -0.2) is 0 Å². The van der Waals surface area contributed by atoms with Crippen LogP contribution in [-0.4, -0.2) is 23.9 Å². The SMILES string of the molecule is COc1c(Br)cc(CCCO)c(O)c1F. The van der Waals surface area contributed by atoms with Crippen molar-refractivity contribution in [2.45, 2.75) is 12.8 Å². The molecule has 0 fully saturated rings. The Morgan fingerprint density at radius 3 is 2.73 bits per heavy atom. The molecule has 84 valence electrons. The molecule has 1 aromatic rings. The van der Waals surface area contributed by atoms with E-state index in [-0.39, 0.29) is 12.4 Å². The Labute approximate surface area is 95.6 Å². The zero-order valence-electron chi connectivity index (χ0n) is 8.26. The highest BCUT2D eigenvalue weighted by atomic mass is 79.9. The number of aryl methyl sites for hydroxylation is 1. The van der Waals surface area contributed by atoms with E-state index < -0.39 is 11.6 Å². The molecule has 0 aliphatic heterocycles. The first-order valence-electron chi connectivity index (χ1n) is 4.46. The molecule has 1 aromatic carbocycles. The standard InChI is InChI=1S/C10H12BrFO3/c1-15-10-7(11)5-6(3-2-4-13)9(14)8(10)12/h5,13-14H,2-4H2,1H3. The molecule has 15 heavy (non-hydrogen) atoms. The lowest BCUT2D eigenvalue weighted by molar-refractivity contribution is 0.287. The first-order valence-corrected chi connectivity index (χ1v) is 5.25. The molecule has 0 aliphatic rings. The van der Waals surface area contributed by atoms with Gasteiger partial charge in [-0.1, -0.05) is 0 Å². The van der Waals surface area contributed by atoms with Gasteiger partial charge in [-0.3, -0.25) is 0 Å². The number of ether oxygens (including phenoxy) is 1. The fraction of sp³-hybridized carbons (Fsp3) is 0.400. The van der Waals surface area contributed by atoms with Crippen LogP contribution in [0.5, 0.6) is 11.5 Å². The van der Waals surface area contributed by atoms with E-state index in [0.29, 0.717) is 22.9 Å². The van der Waals surface area contributed by atoms with Crippen LogP contribution < -0.4 is 4.74 Å². The predicted molar refractivity (Wildman–Crippen MR) is 57.7 cm³/mol. The Kier molecular flexibility index (Phi) is 4.35. The summed E-state index contributed by atoms with van der Waals surface area (Å²) in [6.07, 6.45) is 0.896. The number of hydrogen-bond donors (Lipinski definition) is 2. The summed E-state index contributed by atoms with van der Waals surface area (Å²) in [5, 5.41) is 18.1. The van der Waals surface area contributed by atoms with Crippen LogP contribution in [0, 0.1) is 5.82 Å². The van der Waals surface area contributed by atoms with Gasteiger partial charge in [-0.05, 0) is 40.4 Å². The van der Waals surface area contributed by atoms with E-state index in [9.17, 15) is 9.50 Å². The molecule has 0 spiro atoms. The number of benzene rings is 1. The third kappa shape index (κ3) is 2.60. The minimum absolute atomic E-state index is 0.00467. The molecule has 5 heteroatoms. The molecule has 0 atom stereocenters. The van der Waals surface area contributed by atoms with E-state index >= 15 is 0 Å². The molecule has 0 saturated heterocycles. The van der Waals surface area contributed by atoms with Gasteiger partial charge in [0, 0.05) is 6.61 Å². The van der Waals surface area contributed by atoms with Crippen LogP contribution in [0.3, 0.4) is 0 Å². The van der Waals surface area contributed by atoms with Crippen LogP contribution in [0.2, 0.25) is 0 Å². The molecule has 0 amide bonds. The van der Waals surface area contributed by atoms with E-state index in [4.69, 9.17) is 9.84 Å². The zero-order chi connectivity index (χ0) is 11.4. The molecule has 0 aliphatic carbocycles. The highest BCUT2D eigenvalue weighted by molar-refractivity contribution is 9.10. The average molecular weight is 279 g/mol. The van der Waals surface area contributed by atoms with Crippen molar-refractivity contribution in [3.8, 4) is 11.5 Å². The maximum absolute atomic E-state index is 13.5. The minimum atomic E-state index is -0.778. The number of hydrogen-bond acceptors (Lipinski definition) is 3. The van der Waals surface area contributed by atoms with Gasteiger partial charge in [0.1, 0.15) is 0 Å². The summed E-state index contributed by atoms with van der Waals surface area (Å²) in [6, 6.07) is 1.59. The molecule has 0 saturated carbocycles. The van der Waals surface area contributed by atoms with Crippen molar-refractivity contribution in [2.75, 3.05) is 13.7 Å². The second-order valence-corrected chi connectivity index (χ2v) is 3.89. The van der Waals surface area contributed by atoms with E-state index in [1.165, 1.54) is 7.11 Å². The molecular formula is C10H12BrFO3. The van der Waals surface area contributed by atoms with Crippen molar-refractivity contribution in [1.82, 2.24) is 0 Å². The lowest BCUT2D eigenvalue weighted by atomic mass is 10.1. The topological polar surface area (TPSA) is 49.7 Å². The largest absolute Gasteiger partial charge is 0.505 e. The Balaban J connectivity index is 3.10. The van der Waals surface area contributed by atoms with Crippen LogP contribution in [0.4, 0.5) is 4.39 Å². The highest BCUT2D eigenvalue weighted by Crippen LogP contribution is 2.36. The van der Waals surface area contributed by atoms with Gasteiger partial charge < -0.3 is 14.9 Å². The van der Waals surface area contributed by atoms with Crippen LogP contribution in [-0.2, 0) is 6.42 Å². The number of aliphatic hydroxyl groups is 1. The summed E-state index contributed by atoms with van der Waals surface area (Å²) in [5.74, 6) is -1.21. The van der Waals surface area contributed by atoms with E-state index in [2.05, 4.69) is 15.9 Å². The molecule has 3 nitrogen and oxygen atoms in total. The highest BCUT2D eigenvalue weighted by Gasteiger charge is 2.16. The van der Waals surface area contributed by atoms with Crippen molar-refractivity contribution in [1.29, 1.82) is 0 Å². The molecule has 0 aromatic heterocycles. The smallest absolute Gasteiger partial charge is 0.208 e. The lowest BCUT2D eigenvalue weighted by Crippen LogP contribution is -1.96. The van der Waals surface area contributed by atoms with Crippen molar-refractivity contribution in [3.05, 3.63) is 21.9 Å². The fourth-order valence-corrected chi connectivity index (χ4v) is 1.90. The number of halogens is 2. The number of phenols is 1. The fourth-order valence-electron chi connectivity index (χ4n) is 1.29. The van der Waals surface area contributed by atoms with E-state index in [0.717, 1.165) is 0 Å². The second kappa shape index (κ2) is 5.32. The maximum atomic E-state index is 13.5. The third-order valence-electron chi connectivity index (χ3n) is 2.04. The molecule has 1 rings (SSSR count). The molecule has 2 N–H and O–H groups in total. The summed E-state index contributed by atoms with van der Waals surface area (Å²) < 4.78 is 18.7. The summed E-state index contributed by atoms with van der Waals surface area (Å²) in [5.41, 5.74) is 0.453. The van der Waals surface area contributed by atoms with Crippen LogP contribution in [0.25, 0.3) is 0 Å². The summed E-state index contributed by atoms with van der Waals surface area (Å²) in [6.45, 7) is 0.00467. The van der Waals surface area contributed by atoms with Crippen LogP contribution in [0.15, 0.2) is 10.5 Å². The van der Waals surface area contributed by atoms with E-state index in [1.54, 1.807) is 6.07 Å². The minimum Gasteiger partial charge on any atom is -0.505 e. The quantitative estimate of drug-likeness (QED) is 0.888. The lowest BCUT2D eigenvalue weighted by Gasteiger charge is -2.10. The predicted octanol–water partition coefficient (Wildman–Crippen LogP) is 2.23. The Morgan fingerprint density at radius 1 is 1.53 bits per heavy atom. The number of aliphatic hydroxyl groups excluding tert-OH is 1. The van der Waals surface area contributed by atoms with Gasteiger partial charge in [-0.2, -0.15) is 4.39 Å². The van der Waals surface area contributed by atoms with Crippen LogP contribution in [0.1, 0.15) is 12.0 Å². The summed E-state index contributed by atoms with van der Waals surface area (Å²) in [4.78, 5) is 0. The second-order valence-electron chi connectivity index (χ2n) is 3.04. The molecule has 0 radical (unpaired) electrons. The monoisotopic (exact) mass is 278 g/mol. The number of phenolic OH excluding ortho intramolecular Hbond substituents is 1. The van der Waals surface area contributed by atoms with E-state index in [1.807, 2.05) is 0 Å². The Morgan fingerprint density at radius 2 is 2.20 bits per heavy atom. The summed E-state index contributed by atoms with van der Waals surface area (Å²) in [7, 11) is 1.33. The first-order chi connectivity index (χ1) is 7.11. The van der Waals surface area contributed by atoms with Gasteiger partial charge >= 0.3 is 0 Å². The Hall–Kier alpha value is -0.810. The van der Waals surface area contributed by atoms with Crippen molar-refractivity contribution in [3.63, 3.8) is 0 Å². The van der Waals surface area contributed by atoms with Crippen molar-refractivity contribution >= 4 is 15.9 Å². The first kappa shape index (κ1) is 12.3. The van der Waals surface area contributed by atoms with Gasteiger partial charge in [0.05, 0.1) is 11.6 Å². The number of aromatic hydroxyl groups is 1. The van der Waals surface area contributed by atoms with Gasteiger partial charge in [0.25, 0.3) is 0 Å². The average Bonchev–Trinajstić information content (AvgIpc) is 2.22. The third-order valence-corrected chi connectivity index (χ3v) is 2.63. The molecule has 0 heterocycles. The summed E-state index contributed by atoms with van der Waals surface area (Å²) >= 11 is 3.15. The van der Waals surface area contributed by atoms with Gasteiger partial charge in [0.15, 0.2) is 11.5 Å². The number of methoxy groups -OCH3 is 1. The van der Waals surface area contributed by atoms with Gasteiger partial charge in [-0.15, -0.1) is 0 Å². The zero-order valence-corrected chi connectivity index (χ0v) is 9.84. The Bertz CT molecular complexity index is 355. The molecule has 0 bridgehead atoms. The van der Waals surface area contributed by atoms with Crippen molar-refractivity contribution in [2.24, 2.45) is 0 Å². The van der Waals surface area contributed by atoms with Gasteiger partial charge in [0.2, 0.25) is 5.82 Å². The van der Waals surface area contributed by atoms with Crippen molar-refractivity contribution < 1.29 is 19.3 Å².